The first-order valence-electron chi connectivity index (χ1n) is 7.58. The molecular formula is C18H15Cl2NO4S. The van der Waals surface area contributed by atoms with Gasteiger partial charge in [0.1, 0.15) is 0 Å². The minimum atomic E-state index is -1.02. The number of anilines is 1. The molecule has 0 aliphatic rings. The van der Waals surface area contributed by atoms with Crippen molar-refractivity contribution >= 4 is 58.3 Å². The number of halogens is 2. The van der Waals surface area contributed by atoms with E-state index in [1.165, 1.54) is 17.8 Å². The Bertz CT molecular complexity index is 824. The molecule has 0 unspecified atom stereocenters. The van der Waals surface area contributed by atoms with E-state index in [9.17, 15) is 14.4 Å². The van der Waals surface area contributed by atoms with Crippen LogP contribution in [0, 0.1) is 0 Å². The number of ketones is 1. The van der Waals surface area contributed by atoms with Crippen LogP contribution in [0.1, 0.15) is 23.2 Å². The lowest BCUT2D eigenvalue weighted by Gasteiger charge is -2.07. The first kappa shape index (κ1) is 20.3. The van der Waals surface area contributed by atoms with Gasteiger partial charge in [0.2, 0.25) is 5.91 Å². The number of Topliss-reactive ketones (excluding diaryl/α,β-unsaturated/α-hetero) is 1. The minimum absolute atomic E-state index is 0.0812. The third-order valence-corrected chi connectivity index (χ3v) is 4.87. The highest BCUT2D eigenvalue weighted by atomic mass is 35.5. The van der Waals surface area contributed by atoms with Crippen LogP contribution in [-0.2, 0) is 9.59 Å². The highest BCUT2D eigenvalue weighted by Gasteiger charge is 2.11. The summed E-state index contributed by atoms with van der Waals surface area (Å²) in [6.45, 7) is 0. The summed E-state index contributed by atoms with van der Waals surface area (Å²) >= 11 is 13.2. The summed E-state index contributed by atoms with van der Waals surface area (Å²) in [5, 5.41) is 12.0. The standard InChI is InChI=1S/C18H15Cl2NO4S/c19-11-1-6-14(15(20)9-11)16(22)10-26-13-4-2-12(3-5-13)21-17(23)7-8-18(24)25/h1-6,9H,7-8,10H2,(H,21,23)(H,24,25). The van der Waals surface area contributed by atoms with E-state index in [0.29, 0.717) is 21.3 Å². The van der Waals surface area contributed by atoms with Crippen molar-refractivity contribution in [2.45, 2.75) is 17.7 Å². The number of hydrogen-bond acceptors (Lipinski definition) is 4. The molecule has 0 bridgehead atoms. The van der Waals surface area contributed by atoms with Crippen molar-refractivity contribution in [1.29, 1.82) is 0 Å². The number of carbonyl (C=O) groups is 3. The number of carbonyl (C=O) groups excluding carboxylic acids is 2. The van der Waals surface area contributed by atoms with Crippen molar-refractivity contribution < 1.29 is 19.5 Å². The van der Waals surface area contributed by atoms with Gasteiger partial charge in [-0.25, -0.2) is 0 Å². The summed E-state index contributed by atoms with van der Waals surface area (Å²) in [6.07, 6.45) is -0.294. The Morgan fingerprint density at radius 3 is 2.31 bits per heavy atom. The summed E-state index contributed by atoms with van der Waals surface area (Å²) in [5.41, 5.74) is 0.989. The zero-order valence-electron chi connectivity index (χ0n) is 13.5. The van der Waals surface area contributed by atoms with Crippen LogP contribution in [-0.4, -0.2) is 28.5 Å². The van der Waals surface area contributed by atoms with E-state index in [0.717, 1.165) is 4.90 Å². The molecule has 0 aromatic heterocycles. The van der Waals surface area contributed by atoms with Gasteiger partial charge in [-0.2, -0.15) is 0 Å². The van der Waals surface area contributed by atoms with E-state index in [2.05, 4.69) is 5.32 Å². The van der Waals surface area contributed by atoms with E-state index < -0.39 is 5.97 Å². The highest BCUT2D eigenvalue weighted by Crippen LogP contribution is 2.25. The first-order chi connectivity index (χ1) is 12.3. The Balaban J connectivity index is 1.88. The van der Waals surface area contributed by atoms with Gasteiger partial charge < -0.3 is 10.4 Å². The van der Waals surface area contributed by atoms with Crippen molar-refractivity contribution in [3.05, 3.63) is 58.1 Å². The van der Waals surface area contributed by atoms with Crippen LogP contribution in [0.5, 0.6) is 0 Å². The summed E-state index contributed by atoms with van der Waals surface area (Å²) < 4.78 is 0. The summed E-state index contributed by atoms with van der Waals surface area (Å²) in [7, 11) is 0. The summed E-state index contributed by atoms with van der Waals surface area (Å²) in [6, 6.07) is 11.7. The van der Waals surface area contributed by atoms with E-state index in [-0.39, 0.29) is 30.3 Å². The van der Waals surface area contributed by atoms with Crippen molar-refractivity contribution in [2.24, 2.45) is 0 Å². The number of carboxylic acids is 1. The van der Waals surface area contributed by atoms with Crippen LogP contribution in [0.2, 0.25) is 10.0 Å². The topological polar surface area (TPSA) is 83.5 Å². The molecule has 0 aliphatic carbocycles. The van der Waals surface area contributed by atoms with Crippen LogP contribution < -0.4 is 5.32 Å². The van der Waals surface area contributed by atoms with Gasteiger partial charge in [0.05, 0.1) is 17.2 Å². The number of thioether (sulfide) groups is 1. The maximum absolute atomic E-state index is 12.2. The van der Waals surface area contributed by atoms with Gasteiger partial charge in [-0.05, 0) is 42.5 Å². The van der Waals surface area contributed by atoms with Gasteiger partial charge in [0.15, 0.2) is 5.78 Å². The maximum Gasteiger partial charge on any atom is 0.303 e. The lowest BCUT2D eigenvalue weighted by molar-refractivity contribution is -0.138. The van der Waals surface area contributed by atoms with Crippen molar-refractivity contribution in [3.8, 4) is 0 Å². The molecule has 0 spiro atoms. The number of carboxylic acid groups (broad SMARTS) is 1. The Kier molecular flexibility index (Phi) is 7.50. The molecular weight excluding hydrogens is 397 g/mol. The van der Waals surface area contributed by atoms with Crippen LogP contribution in [0.15, 0.2) is 47.4 Å². The smallest absolute Gasteiger partial charge is 0.303 e. The third kappa shape index (κ3) is 6.37. The Hall–Kier alpha value is -2.02. The monoisotopic (exact) mass is 411 g/mol. The van der Waals surface area contributed by atoms with Crippen LogP contribution in [0.3, 0.4) is 0 Å². The number of rotatable bonds is 8. The quantitative estimate of drug-likeness (QED) is 0.482. The SMILES string of the molecule is O=C(O)CCC(=O)Nc1ccc(SCC(=O)c2ccc(Cl)cc2Cl)cc1. The molecule has 8 heteroatoms. The number of hydrogen-bond donors (Lipinski definition) is 2. The van der Waals surface area contributed by atoms with E-state index in [1.54, 1.807) is 36.4 Å². The van der Waals surface area contributed by atoms with Gasteiger partial charge in [0.25, 0.3) is 0 Å². The van der Waals surface area contributed by atoms with E-state index in [4.69, 9.17) is 28.3 Å². The molecule has 26 heavy (non-hydrogen) atoms. The van der Waals surface area contributed by atoms with Crippen LogP contribution in [0.4, 0.5) is 5.69 Å². The predicted molar refractivity (Wildman–Crippen MR) is 103 cm³/mol. The first-order valence-corrected chi connectivity index (χ1v) is 9.32. The largest absolute Gasteiger partial charge is 0.481 e. The van der Waals surface area contributed by atoms with Crippen molar-refractivity contribution in [1.82, 2.24) is 0 Å². The molecule has 0 saturated carbocycles. The van der Waals surface area contributed by atoms with Gasteiger partial charge in [-0.15, -0.1) is 11.8 Å². The fourth-order valence-corrected chi connectivity index (χ4v) is 3.32. The number of amides is 1. The number of benzene rings is 2. The summed E-state index contributed by atoms with van der Waals surface area (Å²) in [5.74, 6) is -1.27. The zero-order chi connectivity index (χ0) is 19.1. The average Bonchev–Trinajstić information content (AvgIpc) is 2.59. The molecule has 0 heterocycles. The predicted octanol–water partition coefficient (Wildman–Crippen LogP) is 4.77. The second kappa shape index (κ2) is 9.62. The molecule has 0 saturated heterocycles. The third-order valence-electron chi connectivity index (χ3n) is 3.31. The number of nitrogens with one attached hydrogen (secondary N) is 1. The molecule has 0 radical (unpaired) electrons. The molecule has 0 aliphatic heterocycles. The molecule has 2 aromatic carbocycles. The van der Waals surface area contributed by atoms with Crippen molar-refractivity contribution in [3.63, 3.8) is 0 Å². The lowest BCUT2D eigenvalue weighted by atomic mass is 10.1. The Labute approximate surface area is 164 Å². The molecule has 0 fully saturated rings. The maximum atomic E-state index is 12.2. The molecule has 2 aromatic rings. The van der Waals surface area contributed by atoms with Gasteiger partial charge in [-0.1, -0.05) is 23.2 Å². The molecule has 2 rings (SSSR count). The highest BCUT2D eigenvalue weighted by molar-refractivity contribution is 8.00. The second-order valence-corrected chi connectivity index (χ2v) is 7.19. The Morgan fingerprint density at radius 1 is 1.00 bits per heavy atom. The normalized spacial score (nSPS) is 10.4. The van der Waals surface area contributed by atoms with Gasteiger partial charge in [-0.3, -0.25) is 14.4 Å². The molecule has 5 nitrogen and oxygen atoms in total. The second-order valence-electron chi connectivity index (χ2n) is 5.30. The van der Waals surface area contributed by atoms with Gasteiger partial charge >= 0.3 is 5.97 Å². The minimum Gasteiger partial charge on any atom is -0.481 e. The Morgan fingerprint density at radius 2 is 1.69 bits per heavy atom. The fraction of sp³-hybridized carbons (Fsp3) is 0.167. The summed E-state index contributed by atoms with van der Waals surface area (Å²) in [4.78, 5) is 35.1. The van der Waals surface area contributed by atoms with E-state index >= 15 is 0 Å². The zero-order valence-corrected chi connectivity index (χ0v) is 15.8. The molecule has 1 amide bonds. The van der Waals surface area contributed by atoms with E-state index in [1.807, 2.05) is 0 Å². The fourth-order valence-electron chi connectivity index (χ4n) is 2.02. The average molecular weight is 412 g/mol. The van der Waals surface area contributed by atoms with Crippen LogP contribution in [0.25, 0.3) is 0 Å². The van der Waals surface area contributed by atoms with Crippen molar-refractivity contribution in [2.75, 3.05) is 11.1 Å². The van der Waals surface area contributed by atoms with Gasteiger partial charge in [0, 0.05) is 27.6 Å². The molecule has 2 N–H and O–H groups in total. The number of aliphatic carboxylic acids is 1. The lowest BCUT2D eigenvalue weighted by Crippen LogP contribution is -2.13. The van der Waals surface area contributed by atoms with Crippen LogP contribution >= 0.6 is 35.0 Å². The molecule has 136 valence electrons. The molecule has 0 atom stereocenters.